The summed E-state index contributed by atoms with van der Waals surface area (Å²) in [6.07, 6.45) is 0.361. The molecule has 0 heterocycles. The van der Waals surface area contributed by atoms with Crippen molar-refractivity contribution >= 4 is 33.6 Å². The summed E-state index contributed by atoms with van der Waals surface area (Å²) in [6, 6.07) is 5.80. The van der Waals surface area contributed by atoms with Crippen molar-refractivity contribution in [1.82, 2.24) is 4.90 Å². The second-order valence-electron chi connectivity index (χ2n) is 3.81. The van der Waals surface area contributed by atoms with Crippen molar-refractivity contribution < 1.29 is 14.7 Å². The summed E-state index contributed by atoms with van der Waals surface area (Å²) in [5, 5.41) is 11.6. The fourth-order valence-electron chi connectivity index (χ4n) is 1.50. The number of halogens is 1. The van der Waals surface area contributed by atoms with Crippen molar-refractivity contribution in [3.05, 3.63) is 28.7 Å². The van der Waals surface area contributed by atoms with Gasteiger partial charge in [0.1, 0.15) is 6.04 Å². The number of nitrogens with zero attached hydrogens (tertiary/aromatic N) is 1. The summed E-state index contributed by atoms with van der Waals surface area (Å²) in [6.45, 7) is 1.72. The quantitative estimate of drug-likeness (QED) is 0.897. The van der Waals surface area contributed by atoms with Crippen molar-refractivity contribution in [2.24, 2.45) is 0 Å². The molecule has 0 radical (unpaired) electrons. The number of urea groups is 1. The molecule has 1 rings (SSSR count). The van der Waals surface area contributed by atoms with Gasteiger partial charge in [0.05, 0.1) is 0 Å². The maximum atomic E-state index is 11.8. The van der Waals surface area contributed by atoms with Crippen LogP contribution in [-0.2, 0) is 4.79 Å². The van der Waals surface area contributed by atoms with E-state index in [1.807, 2.05) is 0 Å². The first-order chi connectivity index (χ1) is 8.45. The smallest absolute Gasteiger partial charge is 0.326 e. The summed E-state index contributed by atoms with van der Waals surface area (Å²) >= 11 is 3.29. The van der Waals surface area contributed by atoms with Gasteiger partial charge in [-0.05, 0) is 30.7 Å². The van der Waals surface area contributed by atoms with E-state index in [1.165, 1.54) is 11.9 Å². The minimum absolute atomic E-state index is 0.361. The Kier molecular flexibility index (Phi) is 5.15. The number of amides is 2. The van der Waals surface area contributed by atoms with Gasteiger partial charge in [-0.2, -0.15) is 0 Å². The van der Waals surface area contributed by atoms with Gasteiger partial charge in [0.25, 0.3) is 0 Å². The SMILES string of the molecule is CCC(C(=O)O)N(C)C(=O)Nc1ccc(Br)cc1. The Bertz CT molecular complexity index is 433. The summed E-state index contributed by atoms with van der Waals surface area (Å²) in [7, 11) is 1.47. The van der Waals surface area contributed by atoms with Crippen molar-refractivity contribution in [2.75, 3.05) is 12.4 Å². The number of hydrogen-bond acceptors (Lipinski definition) is 2. The number of carbonyl (C=O) groups is 2. The van der Waals surface area contributed by atoms with Crippen LogP contribution >= 0.6 is 15.9 Å². The first-order valence-corrected chi connectivity index (χ1v) is 6.27. The van der Waals surface area contributed by atoms with Crippen LogP contribution in [0.1, 0.15) is 13.3 Å². The third-order valence-corrected chi connectivity index (χ3v) is 3.08. The van der Waals surface area contributed by atoms with Crippen LogP contribution in [0.3, 0.4) is 0 Å². The second-order valence-corrected chi connectivity index (χ2v) is 4.73. The molecule has 1 aromatic carbocycles. The predicted octanol–water partition coefficient (Wildman–Crippen LogP) is 2.78. The van der Waals surface area contributed by atoms with Gasteiger partial charge in [0, 0.05) is 17.2 Å². The van der Waals surface area contributed by atoms with E-state index in [9.17, 15) is 9.59 Å². The summed E-state index contributed by atoms with van der Waals surface area (Å²) in [5.41, 5.74) is 0.621. The zero-order valence-corrected chi connectivity index (χ0v) is 11.8. The maximum Gasteiger partial charge on any atom is 0.326 e. The first-order valence-electron chi connectivity index (χ1n) is 5.48. The lowest BCUT2D eigenvalue weighted by atomic mass is 10.2. The molecule has 98 valence electrons. The fourth-order valence-corrected chi connectivity index (χ4v) is 1.76. The lowest BCUT2D eigenvalue weighted by Gasteiger charge is -2.24. The normalized spacial score (nSPS) is 11.7. The standard InChI is InChI=1S/C12H15BrN2O3/c1-3-10(11(16)17)15(2)12(18)14-9-6-4-8(13)5-7-9/h4-7,10H,3H2,1-2H3,(H,14,18)(H,16,17). The molecule has 0 saturated carbocycles. The number of carboxylic acid groups (broad SMARTS) is 1. The van der Waals surface area contributed by atoms with Gasteiger partial charge in [0.15, 0.2) is 0 Å². The number of carbonyl (C=O) groups excluding carboxylic acids is 1. The zero-order valence-electron chi connectivity index (χ0n) is 10.2. The maximum absolute atomic E-state index is 11.8. The number of benzene rings is 1. The Hall–Kier alpha value is -1.56. The minimum Gasteiger partial charge on any atom is -0.480 e. The molecule has 0 fully saturated rings. The van der Waals surface area contributed by atoms with Gasteiger partial charge < -0.3 is 15.3 Å². The summed E-state index contributed by atoms with van der Waals surface area (Å²) < 4.78 is 0.908. The average molecular weight is 315 g/mol. The Morgan fingerprint density at radius 3 is 2.39 bits per heavy atom. The number of carboxylic acids is 1. The molecule has 0 aliphatic heterocycles. The van der Waals surface area contributed by atoms with E-state index < -0.39 is 18.0 Å². The highest BCUT2D eigenvalue weighted by Crippen LogP contribution is 2.15. The lowest BCUT2D eigenvalue weighted by molar-refractivity contribution is -0.141. The molecule has 1 unspecified atom stereocenters. The molecule has 0 saturated heterocycles. The molecule has 18 heavy (non-hydrogen) atoms. The van der Waals surface area contributed by atoms with Crippen LogP contribution in [0.2, 0.25) is 0 Å². The molecule has 1 aromatic rings. The predicted molar refractivity (Wildman–Crippen MR) is 72.6 cm³/mol. The van der Waals surface area contributed by atoms with Gasteiger partial charge in [-0.3, -0.25) is 0 Å². The Balaban J connectivity index is 2.70. The van der Waals surface area contributed by atoms with E-state index in [1.54, 1.807) is 31.2 Å². The third-order valence-electron chi connectivity index (χ3n) is 2.56. The van der Waals surface area contributed by atoms with Crippen molar-refractivity contribution in [3.8, 4) is 0 Å². The molecular formula is C12H15BrN2O3. The van der Waals surface area contributed by atoms with Gasteiger partial charge >= 0.3 is 12.0 Å². The van der Waals surface area contributed by atoms with Gasteiger partial charge in [-0.25, -0.2) is 9.59 Å². The second kappa shape index (κ2) is 6.39. The largest absolute Gasteiger partial charge is 0.480 e. The molecule has 6 heteroatoms. The van der Waals surface area contributed by atoms with E-state index in [0.29, 0.717) is 12.1 Å². The summed E-state index contributed by atoms with van der Waals surface area (Å²) in [5.74, 6) is -1.01. The highest BCUT2D eigenvalue weighted by molar-refractivity contribution is 9.10. The lowest BCUT2D eigenvalue weighted by Crippen LogP contribution is -2.44. The van der Waals surface area contributed by atoms with E-state index >= 15 is 0 Å². The molecule has 1 atom stereocenters. The molecule has 5 nitrogen and oxygen atoms in total. The van der Waals surface area contributed by atoms with E-state index in [0.717, 1.165) is 4.47 Å². The number of likely N-dealkylation sites (N-methyl/N-ethyl adjacent to an activating group) is 1. The first kappa shape index (κ1) is 14.5. The van der Waals surface area contributed by atoms with Crippen LogP contribution in [0.25, 0.3) is 0 Å². The van der Waals surface area contributed by atoms with Gasteiger partial charge in [0.2, 0.25) is 0 Å². The Morgan fingerprint density at radius 2 is 1.94 bits per heavy atom. The van der Waals surface area contributed by atoms with Crippen LogP contribution in [0.5, 0.6) is 0 Å². The van der Waals surface area contributed by atoms with Crippen LogP contribution in [-0.4, -0.2) is 35.1 Å². The molecule has 2 N–H and O–H groups in total. The fraction of sp³-hybridized carbons (Fsp3) is 0.333. The van der Waals surface area contributed by atoms with Crippen molar-refractivity contribution in [1.29, 1.82) is 0 Å². The molecule has 0 aromatic heterocycles. The molecule has 0 bridgehead atoms. The number of rotatable bonds is 4. The van der Waals surface area contributed by atoms with E-state index in [-0.39, 0.29) is 0 Å². The van der Waals surface area contributed by atoms with Crippen LogP contribution in [0.4, 0.5) is 10.5 Å². The number of anilines is 1. The molecule has 2 amide bonds. The number of nitrogens with one attached hydrogen (secondary N) is 1. The van der Waals surface area contributed by atoms with Crippen LogP contribution < -0.4 is 5.32 Å². The van der Waals surface area contributed by atoms with Crippen molar-refractivity contribution in [2.45, 2.75) is 19.4 Å². The van der Waals surface area contributed by atoms with E-state index in [2.05, 4.69) is 21.2 Å². The van der Waals surface area contributed by atoms with Gasteiger partial charge in [-0.1, -0.05) is 22.9 Å². The van der Waals surface area contributed by atoms with Crippen LogP contribution in [0.15, 0.2) is 28.7 Å². The molecule has 0 aliphatic rings. The van der Waals surface area contributed by atoms with Crippen LogP contribution in [0, 0.1) is 0 Å². The third kappa shape index (κ3) is 3.73. The minimum atomic E-state index is -1.01. The highest BCUT2D eigenvalue weighted by Gasteiger charge is 2.24. The van der Waals surface area contributed by atoms with Crippen molar-refractivity contribution in [3.63, 3.8) is 0 Å². The molecule has 0 spiro atoms. The highest BCUT2D eigenvalue weighted by atomic mass is 79.9. The summed E-state index contributed by atoms with van der Waals surface area (Å²) in [4.78, 5) is 24.0. The Labute approximate surface area is 114 Å². The number of hydrogen-bond donors (Lipinski definition) is 2. The number of aliphatic carboxylic acids is 1. The monoisotopic (exact) mass is 314 g/mol. The van der Waals surface area contributed by atoms with Gasteiger partial charge in [-0.15, -0.1) is 0 Å². The van der Waals surface area contributed by atoms with E-state index in [4.69, 9.17) is 5.11 Å². The average Bonchev–Trinajstić information content (AvgIpc) is 2.32. The topological polar surface area (TPSA) is 69.6 Å². The zero-order chi connectivity index (χ0) is 13.7. The Morgan fingerprint density at radius 1 is 1.39 bits per heavy atom. The molecule has 0 aliphatic carbocycles. The molecular weight excluding hydrogens is 300 g/mol.